The number of aryl methyl sites for hydroxylation is 1. The third-order valence-corrected chi connectivity index (χ3v) is 2.83. The molecule has 0 radical (unpaired) electrons. The highest BCUT2D eigenvalue weighted by Gasteiger charge is 2.12. The van der Waals surface area contributed by atoms with Crippen molar-refractivity contribution in [3.63, 3.8) is 0 Å². The second-order valence-corrected chi connectivity index (χ2v) is 4.13. The van der Waals surface area contributed by atoms with Gasteiger partial charge in [0, 0.05) is 11.6 Å². The molecule has 1 aromatic heterocycles. The fourth-order valence-corrected chi connectivity index (χ4v) is 1.94. The number of carbonyl (C=O) groups is 1. The fourth-order valence-electron chi connectivity index (χ4n) is 1.61. The number of carbonyl (C=O) groups excluding carboxylic acids is 1. The molecule has 0 bridgehead atoms. The van der Waals surface area contributed by atoms with Crippen LogP contribution in [0.25, 0.3) is 11.8 Å². The number of halogens is 1. The van der Waals surface area contributed by atoms with E-state index in [0.717, 1.165) is 11.4 Å². The van der Waals surface area contributed by atoms with Gasteiger partial charge in [-0.15, -0.1) is 0 Å². The van der Waals surface area contributed by atoms with Gasteiger partial charge in [0.15, 0.2) is 0 Å². The van der Waals surface area contributed by atoms with Gasteiger partial charge >= 0.3 is 0 Å². The third-order valence-electron chi connectivity index (χ3n) is 2.46. The van der Waals surface area contributed by atoms with Crippen molar-refractivity contribution in [2.24, 2.45) is 5.73 Å². The molecule has 2 aromatic rings. The van der Waals surface area contributed by atoms with Crippen LogP contribution in [0.5, 0.6) is 0 Å². The molecule has 0 spiro atoms. The number of nitrogens with zero attached hydrogens (tertiary/aromatic N) is 2. The molecule has 1 aromatic carbocycles. The molecule has 0 fully saturated rings. The van der Waals surface area contributed by atoms with Crippen LogP contribution in [0, 0.1) is 6.92 Å². The van der Waals surface area contributed by atoms with Gasteiger partial charge in [0.05, 0.1) is 11.4 Å². The van der Waals surface area contributed by atoms with Gasteiger partial charge in [0.25, 0.3) is 0 Å². The number of para-hydroxylation sites is 1. The molecule has 1 heterocycles. The average Bonchev–Trinajstić information content (AvgIpc) is 2.63. The highest BCUT2D eigenvalue weighted by atomic mass is 35.5. The molecule has 5 heteroatoms. The summed E-state index contributed by atoms with van der Waals surface area (Å²) in [6.45, 7) is 1.83. The van der Waals surface area contributed by atoms with Crippen molar-refractivity contribution >= 4 is 23.6 Å². The van der Waals surface area contributed by atoms with E-state index in [-0.39, 0.29) is 0 Å². The monoisotopic (exact) mass is 261 g/mol. The van der Waals surface area contributed by atoms with E-state index in [4.69, 9.17) is 17.3 Å². The average molecular weight is 262 g/mol. The summed E-state index contributed by atoms with van der Waals surface area (Å²) in [4.78, 5) is 10.7. The maximum Gasteiger partial charge on any atom is 0.241 e. The Labute approximate surface area is 110 Å². The number of nitrogens with two attached hydrogens (primary N) is 1. The first kappa shape index (κ1) is 12.4. The Balaban J connectivity index is 2.47. The second kappa shape index (κ2) is 5.06. The quantitative estimate of drug-likeness (QED) is 0.862. The third kappa shape index (κ3) is 2.43. The molecule has 0 aliphatic heterocycles. The maximum absolute atomic E-state index is 10.7. The number of amides is 1. The minimum absolute atomic E-state index is 0.455. The van der Waals surface area contributed by atoms with Gasteiger partial charge in [-0.05, 0) is 25.1 Å². The van der Waals surface area contributed by atoms with E-state index in [2.05, 4.69) is 5.10 Å². The predicted octanol–water partition coefficient (Wildman–Crippen LogP) is 2.33. The van der Waals surface area contributed by atoms with Crippen molar-refractivity contribution in [2.75, 3.05) is 0 Å². The van der Waals surface area contributed by atoms with Gasteiger partial charge in [0.2, 0.25) is 5.91 Å². The zero-order valence-corrected chi connectivity index (χ0v) is 10.6. The summed E-state index contributed by atoms with van der Waals surface area (Å²) < 4.78 is 1.62. The van der Waals surface area contributed by atoms with Gasteiger partial charge in [-0.2, -0.15) is 5.10 Å². The lowest BCUT2D eigenvalue weighted by Gasteiger charge is -2.01. The van der Waals surface area contributed by atoms with Crippen molar-refractivity contribution in [1.82, 2.24) is 9.78 Å². The first-order valence-corrected chi connectivity index (χ1v) is 5.75. The highest BCUT2D eigenvalue weighted by molar-refractivity contribution is 6.31. The van der Waals surface area contributed by atoms with E-state index >= 15 is 0 Å². The molecule has 0 aliphatic carbocycles. The largest absolute Gasteiger partial charge is 0.366 e. The molecular formula is C13H12ClN3O. The number of hydrogen-bond acceptors (Lipinski definition) is 2. The van der Waals surface area contributed by atoms with E-state index in [1.54, 1.807) is 10.8 Å². The molecule has 0 aliphatic rings. The summed E-state index contributed by atoms with van der Waals surface area (Å²) in [6, 6.07) is 9.53. The van der Waals surface area contributed by atoms with Crippen LogP contribution in [0.3, 0.4) is 0 Å². The molecule has 0 saturated heterocycles. The van der Waals surface area contributed by atoms with Crippen molar-refractivity contribution in [1.29, 1.82) is 0 Å². The van der Waals surface area contributed by atoms with Crippen LogP contribution < -0.4 is 5.73 Å². The van der Waals surface area contributed by atoms with E-state index in [0.29, 0.717) is 10.7 Å². The summed E-state index contributed by atoms with van der Waals surface area (Å²) in [7, 11) is 0. The number of benzene rings is 1. The molecule has 4 nitrogen and oxygen atoms in total. The maximum atomic E-state index is 10.7. The number of aromatic nitrogens is 2. The molecule has 2 rings (SSSR count). The van der Waals surface area contributed by atoms with E-state index < -0.39 is 5.91 Å². The highest BCUT2D eigenvalue weighted by Crippen LogP contribution is 2.24. The SMILES string of the molecule is Cc1nn(-c2ccccc2)c(Cl)c1/C=C\C(N)=O. The molecule has 2 N–H and O–H groups in total. The standard InChI is InChI=1S/C13H12ClN3O/c1-9-11(7-8-12(15)18)13(14)17(16-9)10-5-3-2-4-6-10/h2-8H,1H3,(H2,15,18)/b8-7-. The summed E-state index contributed by atoms with van der Waals surface area (Å²) in [5.74, 6) is -0.516. The lowest BCUT2D eigenvalue weighted by molar-refractivity contribution is -0.113. The summed E-state index contributed by atoms with van der Waals surface area (Å²) in [5, 5.41) is 4.79. The van der Waals surface area contributed by atoms with Gasteiger partial charge in [0.1, 0.15) is 5.15 Å². The Morgan fingerprint density at radius 3 is 2.67 bits per heavy atom. The van der Waals surface area contributed by atoms with Crippen LogP contribution >= 0.6 is 11.6 Å². The van der Waals surface area contributed by atoms with Crippen molar-refractivity contribution < 1.29 is 4.79 Å². The summed E-state index contributed by atoms with van der Waals surface area (Å²) in [5.41, 5.74) is 7.36. The van der Waals surface area contributed by atoms with Crippen LogP contribution in [-0.4, -0.2) is 15.7 Å². The van der Waals surface area contributed by atoms with E-state index in [1.165, 1.54) is 6.08 Å². The minimum Gasteiger partial charge on any atom is -0.366 e. The minimum atomic E-state index is -0.516. The normalized spacial score (nSPS) is 11.0. The van der Waals surface area contributed by atoms with Crippen molar-refractivity contribution in [2.45, 2.75) is 6.92 Å². The van der Waals surface area contributed by atoms with Crippen LogP contribution in [0.15, 0.2) is 36.4 Å². The van der Waals surface area contributed by atoms with Gasteiger partial charge in [-0.3, -0.25) is 4.79 Å². The molecule has 1 amide bonds. The van der Waals surface area contributed by atoms with Gasteiger partial charge in [-0.25, -0.2) is 4.68 Å². The van der Waals surface area contributed by atoms with Gasteiger partial charge < -0.3 is 5.73 Å². The van der Waals surface area contributed by atoms with Crippen LogP contribution in [0.2, 0.25) is 5.15 Å². The summed E-state index contributed by atoms with van der Waals surface area (Å²) >= 11 is 6.24. The zero-order valence-electron chi connectivity index (χ0n) is 9.80. The second-order valence-electron chi connectivity index (χ2n) is 3.77. The first-order valence-electron chi connectivity index (χ1n) is 5.37. The fraction of sp³-hybridized carbons (Fsp3) is 0.0769. The molecule has 0 unspecified atom stereocenters. The van der Waals surface area contributed by atoms with Crippen LogP contribution in [-0.2, 0) is 4.79 Å². The van der Waals surface area contributed by atoms with Crippen LogP contribution in [0.1, 0.15) is 11.3 Å². The van der Waals surface area contributed by atoms with E-state index in [9.17, 15) is 4.79 Å². The Morgan fingerprint density at radius 2 is 2.06 bits per heavy atom. The zero-order chi connectivity index (χ0) is 13.1. The number of hydrogen-bond donors (Lipinski definition) is 1. The molecule has 18 heavy (non-hydrogen) atoms. The molecule has 0 saturated carbocycles. The molecule has 0 atom stereocenters. The molecular weight excluding hydrogens is 250 g/mol. The smallest absolute Gasteiger partial charge is 0.241 e. The van der Waals surface area contributed by atoms with Crippen molar-refractivity contribution in [3.05, 3.63) is 52.8 Å². The molecule has 92 valence electrons. The topological polar surface area (TPSA) is 60.9 Å². The lowest BCUT2D eigenvalue weighted by Crippen LogP contribution is -2.05. The Bertz CT molecular complexity index is 602. The Morgan fingerprint density at radius 1 is 1.39 bits per heavy atom. The Kier molecular flexibility index (Phi) is 3.48. The summed E-state index contributed by atoms with van der Waals surface area (Å²) in [6.07, 6.45) is 2.84. The van der Waals surface area contributed by atoms with Crippen LogP contribution in [0.4, 0.5) is 0 Å². The van der Waals surface area contributed by atoms with Crippen molar-refractivity contribution in [3.8, 4) is 5.69 Å². The van der Waals surface area contributed by atoms with Gasteiger partial charge in [-0.1, -0.05) is 29.8 Å². The predicted molar refractivity (Wildman–Crippen MR) is 71.5 cm³/mol. The van der Waals surface area contributed by atoms with E-state index in [1.807, 2.05) is 37.3 Å². The first-order chi connectivity index (χ1) is 8.59. The lowest BCUT2D eigenvalue weighted by atomic mass is 10.2. The Hall–Kier alpha value is -2.07. The number of rotatable bonds is 3. The number of primary amides is 1.